The normalized spacial score (nSPS) is 18.9. The molecule has 6 heteroatoms. The molecule has 4 rings (SSSR count). The molecule has 0 saturated carbocycles. The maximum Gasteiger partial charge on any atom is 0.180 e. The van der Waals surface area contributed by atoms with Gasteiger partial charge in [-0.25, -0.2) is 9.97 Å². The van der Waals surface area contributed by atoms with E-state index in [1.165, 1.54) is 22.6 Å². The lowest BCUT2D eigenvalue weighted by atomic mass is 10.2. The Kier molecular flexibility index (Phi) is 3.79. The Hall–Kier alpha value is -1.92. The number of thiazole rings is 1. The number of fused-ring (bicyclic) bond motifs is 1. The number of likely N-dealkylation sites (tertiary alicyclic amines) is 1. The minimum atomic E-state index is 0.380. The number of aromatic nitrogens is 3. The van der Waals surface area contributed by atoms with Crippen LogP contribution in [0.15, 0.2) is 30.5 Å². The van der Waals surface area contributed by atoms with Crippen LogP contribution in [-0.2, 0) is 13.1 Å². The van der Waals surface area contributed by atoms with Crippen molar-refractivity contribution < 1.29 is 0 Å². The van der Waals surface area contributed by atoms with Gasteiger partial charge in [0.05, 0.1) is 17.1 Å². The van der Waals surface area contributed by atoms with E-state index < -0.39 is 0 Å². The Balaban J connectivity index is 1.68. The average molecular weight is 327 g/mol. The van der Waals surface area contributed by atoms with Crippen molar-refractivity contribution in [1.29, 1.82) is 0 Å². The molecule has 0 bridgehead atoms. The van der Waals surface area contributed by atoms with E-state index in [1.54, 1.807) is 11.3 Å². The van der Waals surface area contributed by atoms with Gasteiger partial charge in [-0.1, -0.05) is 12.1 Å². The molecule has 2 N–H and O–H groups in total. The Labute approximate surface area is 139 Å². The first-order chi connectivity index (χ1) is 11.3. The Morgan fingerprint density at radius 2 is 2.22 bits per heavy atom. The SMILES string of the molecule is CCn1c(C2CCCN2Cc2cnc(N)s2)nc2ccccc21. The molecule has 23 heavy (non-hydrogen) atoms. The van der Waals surface area contributed by atoms with Crippen LogP contribution >= 0.6 is 11.3 Å². The molecule has 1 aliphatic heterocycles. The van der Waals surface area contributed by atoms with E-state index >= 15 is 0 Å². The molecular weight excluding hydrogens is 306 g/mol. The van der Waals surface area contributed by atoms with E-state index in [9.17, 15) is 0 Å². The van der Waals surface area contributed by atoms with Gasteiger partial charge in [0, 0.05) is 24.2 Å². The van der Waals surface area contributed by atoms with Gasteiger partial charge in [0.2, 0.25) is 0 Å². The molecule has 5 nitrogen and oxygen atoms in total. The number of nitrogen functional groups attached to an aromatic ring is 1. The molecule has 3 heterocycles. The molecule has 0 radical (unpaired) electrons. The van der Waals surface area contributed by atoms with Crippen LogP contribution in [0.3, 0.4) is 0 Å². The molecular formula is C17H21N5S. The van der Waals surface area contributed by atoms with Crippen molar-refractivity contribution >= 4 is 27.5 Å². The first kappa shape index (κ1) is 14.7. The van der Waals surface area contributed by atoms with Crippen molar-refractivity contribution in [3.05, 3.63) is 41.2 Å². The van der Waals surface area contributed by atoms with Gasteiger partial charge >= 0.3 is 0 Å². The highest BCUT2D eigenvalue weighted by molar-refractivity contribution is 7.15. The summed E-state index contributed by atoms with van der Waals surface area (Å²) in [5, 5.41) is 0.650. The third-order valence-electron chi connectivity index (χ3n) is 4.59. The number of aryl methyl sites for hydroxylation is 1. The van der Waals surface area contributed by atoms with E-state index in [2.05, 4.69) is 45.6 Å². The first-order valence-electron chi connectivity index (χ1n) is 8.15. The van der Waals surface area contributed by atoms with Gasteiger partial charge < -0.3 is 10.3 Å². The summed E-state index contributed by atoms with van der Waals surface area (Å²) in [6.07, 6.45) is 4.28. The highest BCUT2D eigenvalue weighted by atomic mass is 32.1. The molecule has 1 aromatic carbocycles. The summed E-state index contributed by atoms with van der Waals surface area (Å²) in [7, 11) is 0. The predicted molar refractivity (Wildman–Crippen MR) is 94.3 cm³/mol. The number of anilines is 1. The monoisotopic (exact) mass is 327 g/mol. The minimum absolute atomic E-state index is 0.380. The van der Waals surface area contributed by atoms with Gasteiger partial charge in [0.25, 0.3) is 0 Å². The lowest BCUT2D eigenvalue weighted by Gasteiger charge is -2.24. The molecule has 1 fully saturated rings. The zero-order valence-electron chi connectivity index (χ0n) is 13.3. The summed E-state index contributed by atoms with van der Waals surface area (Å²) in [6.45, 7) is 5.16. The van der Waals surface area contributed by atoms with Crippen LogP contribution in [0.2, 0.25) is 0 Å². The molecule has 0 aliphatic carbocycles. The van der Waals surface area contributed by atoms with E-state index in [0.29, 0.717) is 11.2 Å². The molecule has 1 aliphatic rings. The number of imidazole rings is 1. The molecule has 0 spiro atoms. The van der Waals surface area contributed by atoms with Crippen LogP contribution < -0.4 is 5.73 Å². The average Bonchev–Trinajstić information content (AvgIpc) is 3.25. The summed E-state index contributed by atoms with van der Waals surface area (Å²) in [5.41, 5.74) is 8.10. The predicted octanol–water partition coefficient (Wildman–Crippen LogP) is 3.43. The van der Waals surface area contributed by atoms with Gasteiger partial charge in [-0.15, -0.1) is 11.3 Å². The lowest BCUT2D eigenvalue weighted by Crippen LogP contribution is -2.24. The summed E-state index contributed by atoms with van der Waals surface area (Å²) in [5.74, 6) is 1.20. The van der Waals surface area contributed by atoms with Crippen molar-refractivity contribution in [2.24, 2.45) is 0 Å². The van der Waals surface area contributed by atoms with E-state index in [-0.39, 0.29) is 0 Å². The van der Waals surface area contributed by atoms with Gasteiger partial charge in [0.15, 0.2) is 5.13 Å². The molecule has 120 valence electrons. The van der Waals surface area contributed by atoms with Crippen molar-refractivity contribution in [2.45, 2.75) is 38.9 Å². The van der Waals surface area contributed by atoms with Crippen molar-refractivity contribution in [2.75, 3.05) is 12.3 Å². The number of nitrogens with zero attached hydrogens (tertiary/aromatic N) is 4. The van der Waals surface area contributed by atoms with Crippen LogP contribution in [0.25, 0.3) is 11.0 Å². The Morgan fingerprint density at radius 3 is 3.00 bits per heavy atom. The van der Waals surface area contributed by atoms with E-state index in [4.69, 9.17) is 10.7 Å². The van der Waals surface area contributed by atoms with Gasteiger partial charge in [-0.2, -0.15) is 0 Å². The van der Waals surface area contributed by atoms with Gasteiger partial charge in [0.1, 0.15) is 5.82 Å². The number of hydrogen-bond donors (Lipinski definition) is 1. The number of nitrogens with two attached hydrogens (primary N) is 1. The van der Waals surface area contributed by atoms with Crippen molar-refractivity contribution in [1.82, 2.24) is 19.4 Å². The number of benzene rings is 1. The largest absolute Gasteiger partial charge is 0.375 e. The van der Waals surface area contributed by atoms with Gasteiger partial charge in [-0.05, 0) is 38.4 Å². The maximum atomic E-state index is 5.77. The van der Waals surface area contributed by atoms with Crippen LogP contribution in [0, 0.1) is 0 Å². The van der Waals surface area contributed by atoms with Crippen molar-refractivity contribution in [3.8, 4) is 0 Å². The fraction of sp³-hybridized carbons (Fsp3) is 0.412. The zero-order valence-corrected chi connectivity index (χ0v) is 14.1. The second-order valence-electron chi connectivity index (χ2n) is 6.00. The highest BCUT2D eigenvalue weighted by Gasteiger charge is 2.30. The summed E-state index contributed by atoms with van der Waals surface area (Å²) in [6, 6.07) is 8.80. The van der Waals surface area contributed by atoms with Crippen LogP contribution in [0.4, 0.5) is 5.13 Å². The van der Waals surface area contributed by atoms with Gasteiger partial charge in [-0.3, -0.25) is 4.90 Å². The summed E-state index contributed by atoms with van der Waals surface area (Å²) in [4.78, 5) is 12.9. The van der Waals surface area contributed by atoms with E-state index in [0.717, 1.165) is 31.6 Å². The van der Waals surface area contributed by atoms with Crippen LogP contribution in [-0.4, -0.2) is 26.0 Å². The second kappa shape index (κ2) is 5.94. The summed E-state index contributed by atoms with van der Waals surface area (Å²) >= 11 is 1.58. The third kappa shape index (κ3) is 2.62. The Bertz CT molecular complexity index is 821. The van der Waals surface area contributed by atoms with Crippen LogP contribution in [0.1, 0.15) is 36.5 Å². The smallest absolute Gasteiger partial charge is 0.180 e. The summed E-state index contributed by atoms with van der Waals surface area (Å²) < 4.78 is 2.36. The topological polar surface area (TPSA) is 60.0 Å². The molecule has 1 unspecified atom stereocenters. The van der Waals surface area contributed by atoms with E-state index in [1.807, 2.05) is 6.20 Å². The number of hydrogen-bond acceptors (Lipinski definition) is 5. The first-order valence-corrected chi connectivity index (χ1v) is 8.97. The molecule has 1 saturated heterocycles. The number of rotatable bonds is 4. The lowest BCUT2D eigenvalue weighted by molar-refractivity contribution is 0.238. The molecule has 2 aromatic heterocycles. The Morgan fingerprint density at radius 1 is 1.35 bits per heavy atom. The molecule has 1 atom stereocenters. The minimum Gasteiger partial charge on any atom is -0.375 e. The quantitative estimate of drug-likeness (QED) is 0.797. The highest BCUT2D eigenvalue weighted by Crippen LogP contribution is 2.35. The third-order valence-corrected chi connectivity index (χ3v) is 5.40. The fourth-order valence-electron chi connectivity index (χ4n) is 3.58. The zero-order chi connectivity index (χ0) is 15.8. The standard InChI is InChI=1S/C17H21N5S/c1-2-22-14-7-4-3-6-13(14)20-16(22)15-8-5-9-21(15)11-12-10-19-17(18)23-12/h3-4,6-7,10,15H,2,5,8-9,11H2,1H3,(H2,18,19). The maximum absolute atomic E-state index is 5.77. The second-order valence-corrected chi connectivity index (χ2v) is 7.14. The fourth-order valence-corrected chi connectivity index (χ4v) is 4.29. The van der Waals surface area contributed by atoms with Crippen molar-refractivity contribution in [3.63, 3.8) is 0 Å². The molecule has 0 amide bonds. The molecule has 3 aromatic rings. The van der Waals surface area contributed by atoms with Crippen LogP contribution in [0.5, 0.6) is 0 Å². The number of para-hydroxylation sites is 2.